The van der Waals surface area contributed by atoms with E-state index in [4.69, 9.17) is 0 Å². The Labute approximate surface area is 153 Å². The maximum Gasteiger partial charge on any atom is 0.416 e. The zero-order valence-corrected chi connectivity index (χ0v) is 15.0. The molecule has 1 unspecified atom stereocenters. The molecule has 0 spiro atoms. The van der Waals surface area contributed by atoms with Gasteiger partial charge in [0.2, 0.25) is 11.1 Å². The number of rotatable bonds is 6. The molecule has 2 aromatic rings. The van der Waals surface area contributed by atoms with Crippen molar-refractivity contribution in [3.63, 3.8) is 0 Å². The molecule has 0 bridgehead atoms. The summed E-state index contributed by atoms with van der Waals surface area (Å²) in [6, 6.07) is 4.95. The maximum atomic E-state index is 12.9. The Balaban J connectivity index is 1.75. The molecule has 0 aliphatic heterocycles. The van der Waals surface area contributed by atoms with Crippen molar-refractivity contribution in [1.82, 2.24) is 20.1 Å². The summed E-state index contributed by atoms with van der Waals surface area (Å²) >= 11 is 1.42. The van der Waals surface area contributed by atoms with Gasteiger partial charge in [0, 0.05) is 18.7 Å². The molecule has 5 nitrogen and oxygen atoms in total. The summed E-state index contributed by atoms with van der Waals surface area (Å²) in [7, 11) is 1.60. The van der Waals surface area contributed by atoms with Crippen LogP contribution in [0.2, 0.25) is 0 Å². The van der Waals surface area contributed by atoms with Gasteiger partial charge in [0.15, 0.2) is 0 Å². The van der Waals surface area contributed by atoms with Gasteiger partial charge in [0.25, 0.3) is 0 Å². The number of halogens is 3. The highest BCUT2D eigenvalue weighted by Gasteiger charge is 2.32. The van der Waals surface area contributed by atoms with Gasteiger partial charge in [-0.15, -0.1) is 5.10 Å². The minimum atomic E-state index is -4.41. The molecule has 1 atom stereocenters. The Morgan fingerprint density at radius 3 is 2.81 bits per heavy atom. The van der Waals surface area contributed by atoms with Crippen LogP contribution in [0.3, 0.4) is 0 Å². The lowest BCUT2D eigenvalue weighted by atomic mass is 9.81. The third kappa shape index (κ3) is 4.38. The standard InChI is InChI=1S/C17H19F3N4OS/c1-21-15(25)9-14(11-4-2-5-11)26-16-22-10-24(23-16)13-7-3-6-12(8-13)17(18,19)20/h3,6-8,10-11,14H,2,4-5,9H2,1H3,(H,21,25). The minimum Gasteiger partial charge on any atom is -0.359 e. The molecule has 1 aromatic carbocycles. The zero-order valence-electron chi connectivity index (χ0n) is 14.2. The van der Waals surface area contributed by atoms with E-state index >= 15 is 0 Å². The number of carbonyl (C=O) groups excluding carboxylic acids is 1. The van der Waals surface area contributed by atoms with Crippen molar-refractivity contribution in [3.05, 3.63) is 36.2 Å². The van der Waals surface area contributed by atoms with Gasteiger partial charge in [-0.2, -0.15) is 13.2 Å². The van der Waals surface area contributed by atoms with Gasteiger partial charge >= 0.3 is 6.18 Å². The first kappa shape index (κ1) is 18.8. The first-order valence-corrected chi connectivity index (χ1v) is 9.21. The first-order chi connectivity index (χ1) is 12.4. The highest BCUT2D eigenvalue weighted by atomic mass is 32.2. The second-order valence-corrected chi connectivity index (χ2v) is 7.45. The normalized spacial score (nSPS) is 16.2. The lowest BCUT2D eigenvalue weighted by molar-refractivity contribution is -0.137. The number of alkyl halides is 3. The van der Waals surface area contributed by atoms with Gasteiger partial charge in [0.05, 0.1) is 11.3 Å². The van der Waals surface area contributed by atoms with Gasteiger partial charge in [-0.05, 0) is 37.0 Å². The smallest absolute Gasteiger partial charge is 0.359 e. The zero-order chi connectivity index (χ0) is 18.7. The molecule has 0 radical (unpaired) electrons. The lowest BCUT2D eigenvalue weighted by Gasteiger charge is -2.32. The van der Waals surface area contributed by atoms with E-state index in [-0.39, 0.29) is 11.2 Å². The van der Waals surface area contributed by atoms with E-state index in [0.29, 0.717) is 23.2 Å². The number of carbonyl (C=O) groups is 1. The summed E-state index contributed by atoms with van der Waals surface area (Å²) in [5.41, 5.74) is -0.433. The summed E-state index contributed by atoms with van der Waals surface area (Å²) in [4.78, 5) is 15.9. The average molecular weight is 384 g/mol. The summed E-state index contributed by atoms with van der Waals surface area (Å²) in [6.07, 6.45) is 0.671. The molecule has 0 saturated heterocycles. The predicted octanol–water partition coefficient (Wildman–Crippen LogP) is 3.68. The number of aromatic nitrogens is 3. The quantitative estimate of drug-likeness (QED) is 0.772. The van der Waals surface area contributed by atoms with Gasteiger partial charge in [-0.3, -0.25) is 4.79 Å². The van der Waals surface area contributed by atoms with Gasteiger partial charge < -0.3 is 5.32 Å². The van der Waals surface area contributed by atoms with E-state index < -0.39 is 11.7 Å². The molecular formula is C17H19F3N4OS. The highest BCUT2D eigenvalue weighted by Crippen LogP contribution is 2.39. The predicted molar refractivity (Wildman–Crippen MR) is 92.0 cm³/mol. The molecule has 1 aromatic heterocycles. The molecule has 1 fully saturated rings. The number of hydrogen-bond acceptors (Lipinski definition) is 4. The van der Waals surface area contributed by atoms with Crippen molar-refractivity contribution in [2.45, 2.75) is 42.3 Å². The van der Waals surface area contributed by atoms with Crippen LogP contribution in [0.4, 0.5) is 13.2 Å². The van der Waals surface area contributed by atoms with E-state index in [0.717, 1.165) is 31.4 Å². The van der Waals surface area contributed by atoms with Crippen molar-refractivity contribution in [1.29, 1.82) is 0 Å². The number of nitrogens with one attached hydrogen (secondary N) is 1. The van der Waals surface area contributed by atoms with Gasteiger partial charge in [-0.25, -0.2) is 9.67 Å². The molecule has 1 amide bonds. The molecule has 3 rings (SSSR count). The van der Waals surface area contributed by atoms with Crippen LogP contribution in [-0.2, 0) is 11.0 Å². The van der Waals surface area contributed by atoms with Crippen molar-refractivity contribution in [3.8, 4) is 5.69 Å². The molecule has 26 heavy (non-hydrogen) atoms. The van der Waals surface area contributed by atoms with E-state index in [1.54, 1.807) is 13.1 Å². The largest absolute Gasteiger partial charge is 0.416 e. The summed E-state index contributed by atoms with van der Waals surface area (Å²) < 4.78 is 39.9. The number of thioether (sulfide) groups is 1. The third-order valence-electron chi connectivity index (χ3n) is 4.51. The van der Waals surface area contributed by atoms with Crippen LogP contribution < -0.4 is 5.32 Å². The van der Waals surface area contributed by atoms with Crippen molar-refractivity contribution in [2.75, 3.05) is 7.05 Å². The third-order valence-corrected chi connectivity index (χ3v) is 5.76. The Kier molecular flexibility index (Phi) is 5.55. The van der Waals surface area contributed by atoms with E-state index in [9.17, 15) is 18.0 Å². The fourth-order valence-corrected chi connectivity index (χ4v) is 4.00. The second kappa shape index (κ2) is 7.69. The van der Waals surface area contributed by atoms with E-state index in [2.05, 4.69) is 15.4 Å². The fourth-order valence-electron chi connectivity index (χ4n) is 2.79. The van der Waals surface area contributed by atoms with Gasteiger partial charge in [0.1, 0.15) is 6.33 Å². The van der Waals surface area contributed by atoms with Crippen molar-refractivity contribution >= 4 is 17.7 Å². The van der Waals surface area contributed by atoms with Crippen LogP contribution in [0.5, 0.6) is 0 Å². The Morgan fingerprint density at radius 1 is 1.42 bits per heavy atom. The van der Waals surface area contributed by atoms with Crippen LogP contribution in [0, 0.1) is 5.92 Å². The summed E-state index contributed by atoms with van der Waals surface area (Å²) in [6.45, 7) is 0. The monoisotopic (exact) mass is 384 g/mol. The van der Waals surface area contributed by atoms with Crippen molar-refractivity contribution in [2.24, 2.45) is 5.92 Å². The highest BCUT2D eigenvalue weighted by molar-refractivity contribution is 7.99. The Bertz CT molecular complexity index is 773. The number of benzene rings is 1. The number of amides is 1. The molecule has 1 N–H and O–H groups in total. The molecule has 1 heterocycles. The molecular weight excluding hydrogens is 365 g/mol. The molecule has 1 aliphatic carbocycles. The Morgan fingerprint density at radius 2 is 2.19 bits per heavy atom. The van der Waals surface area contributed by atoms with Crippen LogP contribution >= 0.6 is 11.8 Å². The van der Waals surface area contributed by atoms with E-state index in [1.807, 2.05) is 0 Å². The summed E-state index contributed by atoms with van der Waals surface area (Å²) in [5, 5.41) is 7.45. The summed E-state index contributed by atoms with van der Waals surface area (Å²) in [5.74, 6) is 0.407. The minimum absolute atomic E-state index is 0.0355. The van der Waals surface area contributed by atoms with Gasteiger partial charge in [-0.1, -0.05) is 24.2 Å². The second-order valence-electron chi connectivity index (χ2n) is 6.24. The van der Waals surface area contributed by atoms with Crippen LogP contribution in [0.25, 0.3) is 5.69 Å². The lowest BCUT2D eigenvalue weighted by Crippen LogP contribution is -2.30. The molecule has 140 valence electrons. The number of nitrogens with zero attached hydrogens (tertiary/aromatic N) is 3. The molecule has 9 heteroatoms. The first-order valence-electron chi connectivity index (χ1n) is 8.33. The maximum absolute atomic E-state index is 12.9. The Hall–Kier alpha value is -2.03. The SMILES string of the molecule is CNC(=O)CC(Sc1ncn(-c2cccc(C(F)(F)F)c2)n1)C1CCC1. The fraction of sp³-hybridized carbons (Fsp3) is 0.471. The van der Waals surface area contributed by atoms with Crippen LogP contribution in [0.1, 0.15) is 31.2 Å². The van der Waals surface area contributed by atoms with Crippen LogP contribution in [0.15, 0.2) is 35.7 Å². The molecule has 1 aliphatic rings. The average Bonchev–Trinajstić information content (AvgIpc) is 3.01. The number of hydrogen-bond donors (Lipinski definition) is 1. The van der Waals surface area contributed by atoms with E-state index in [1.165, 1.54) is 28.8 Å². The molecule has 1 saturated carbocycles. The topological polar surface area (TPSA) is 59.8 Å². The van der Waals surface area contributed by atoms with Crippen molar-refractivity contribution < 1.29 is 18.0 Å². The van der Waals surface area contributed by atoms with Crippen LogP contribution in [-0.4, -0.2) is 33.0 Å².